The Labute approximate surface area is 143 Å². The van der Waals surface area contributed by atoms with Gasteiger partial charge in [-0.05, 0) is 19.3 Å². The van der Waals surface area contributed by atoms with Crippen molar-refractivity contribution in [1.29, 1.82) is 0 Å². The van der Waals surface area contributed by atoms with E-state index in [0.717, 1.165) is 19.3 Å². The van der Waals surface area contributed by atoms with Crippen LogP contribution in [-0.2, 0) is 19.1 Å². The number of fused-ring (bicyclic) bond motifs is 1. The van der Waals surface area contributed by atoms with Gasteiger partial charge in [-0.25, -0.2) is 0 Å². The molecule has 2 rings (SSSR count). The van der Waals surface area contributed by atoms with E-state index in [0.29, 0.717) is 26.0 Å². The van der Waals surface area contributed by atoms with Gasteiger partial charge in [0.25, 0.3) is 0 Å². The highest BCUT2D eigenvalue weighted by Gasteiger charge is 2.39. The molecule has 0 saturated carbocycles. The number of ether oxygens (including phenoxy) is 2. The lowest BCUT2D eigenvalue weighted by Crippen LogP contribution is -2.57. The predicted molar refractivity (Wildman–Crippen MR) is 88.4 cm³/mol. The molecule has 138 valence electrons. The molecule has 7 heteroatoms. The highest BCUT2D eigenvalue weighted by molar-refractivity contribution is 5.77. The molecule has 0 spiro atoms. The second-order valence-corrected chi connectivity index (χ2v) is 6.59. The normalized spacial score (nSPS) is 30.9. The van der Waals surface area contributed by atoms with Gasteiger partial charge in [0.2, 0.25) is 11.8 Å². The fraction of sp³-hybridized carbons (Fsp3) is 0.882. The van der Waals surface area contributed by atoms with Gasteiger partial charge in [-0.2, -0.15) is 0 Å². The van der Waals surface area contributed by atoms with E-state index in [-0.39, 0.29) is 43.2 Å². The van der Waals surface area contributed by atoms with Gasteiger partial charge in [-0.15, -0.1) is 0 Å². The molecule has 4 atom stereocenters. The summed E-state index contributed by atoms with van der Waals surface area (Å²) in [5.41, 5.74) is 0. The van der Waals surface area contributed by atoms with Crippen molar-refractivity contribution < 1.29 is 24.2 Å². The average Bonchev–Trinajstić information content (AvgIpc) is 2.56. The van der Waals surface area contributed by atoms with E-state index in [1.165, 1.54) is 0 Å². The molecule has 2 heterocycles. The molecule has 7 nitrogen and oxygen atoms in total. The summed E-state index contributed by atoms with van der Waals surface area (Å²) < 4.78 is 11.6. The van der Waals surface area contributed by atoms with Crippen LogP contribution < -0.4 is 5.32 Å². The van der Waals surface area contributed by atoms with Crippen LogP contribution in [0.15, 0.2) is 0 Å². The number of aliphatic hydroxyl groups excluding tert-OH is 1. The highest BCUT2D eigenvalue weighted by atomic mass is 16.5. The van der Waals surface area contributed by atoms with Crippen molar-refractivity contribution in [3.05, 3.63) is 0 Å². The highest BCUT2D eigenvalue weighted by Crippen LogP contribution is 2.28. The van der Waals surface area contributed by atoms with Crippen molar-refractivity contribution in [1.82, 2.24) is 10.2 Å². The summed E-state index contributed by atoms with van der Waals surface area (Å²) in [4.78, 5) is 25.9. The number of amides is 2. The molecular formula is C17H30N2O5. The Morgan fingerprint density at radius 2 is 2.04 bits per heavy atom. The maximum atomic E-state index is 12.3. The first-order valence-electron chi connectivity index (χ1n) is 9.02. The molecule has 2 fully saturated rings. The molecular weight excluding hydrogens is 312 g/mol. The molecule has 2 aliphatic heterocycles. The number of nitrogens with zero attached hydrogens (tertiary/aromatic N) is 1. The Bertz CT molecular complexity index is 431. The maximum Gasteiger partial charge on any atom is 0.222 e. The quantitative estimate of drug-likeness (QED) is 0.757. The number of hydrogen-bond acceptors (Lipinski definition) is 5. The Balaban J connectivity index is 1.98. The lowest BCUT2D eigenvalue weighted by Gasteiger charge is -2.44. The SMILES string of the molecule is CCCNC(=O)C[C@H]1CC[C@@H]2[C@H](COC[C@@H](O)CN2C(=O)CC)O1. The minimum atomic E-state index is -0.668. The van der Waals surface area contributed by atoms with Crippen LogP contribution in [0.2, 0.25) is 0 Å². The number of carbonyl (C=O) groups excluding carboxylic acids is 2. The van der Waals surface area contributed by atoms with Crippen LogP contribution in [0.1, 0.15) is 46.0 Å². The fourth-order valence-corrected chi connectivity index (χ4v) is 3.37. The van der Waals surface area contributed by atoms with Gasteiger partial charge in [0, 0.05) is 19.5 Å². The van der Waals surface area contributed by atoms with Crippen molar-refractivity contribution in [3.63, 3.8) is 0 Å². The number of β-amino-alcohol motifs (C(OH)–C–C–N with tert-alkyl or cyclic N) is 1. The number of hydrogen-bond donors (Lipinski definition) is 2. The minimum absolute atomic E-state index is 0.00368. The first-order chi connectivity index (χ1) is 11.5. The second-order valence-electron chi connectivity index (χ2n) is 6.59. The van der Waals surface area contributed by atoms with Crippen LogP contribution >= 0.6 is 0 Å². The van der Waals surface area contributed by atoms with Gasteiger partial charge in [-0.1, -0.05) is 13.8 Å². The van der Waals surface area contributed by atoms with Crippen LogP contribution in [-0.4, -0.2) is 72.5 Å². The molecule has 0 aromatic heterocycles. The van der Waals surface area contributed by atoms with E-state index < -0.39 is 6.10 Å². The van der Waals surface area contributed by atoms with Crippen LogP contribution in [0, 0.1) is 0 Å². The van der Waals surface area contributed by atoms with E-state index in [1.807, 2.05) is 13.8 Å². The molecule has 0 aromatic rings. The third-order valence-electron chi connectivity index (χ3n) is 4.59. The molecule has 0 bridgehead atoms. The first kappa shape index (κ1) is 19.1. The number of carbonyl (C=O) groups is 2. The summed E-state index contributed by atoms with van der Waals surface area (Å²) in [5.74, 6) is 0.0256. The Kier molecular flexibility index (Phi) is 7.45. The second kappa shape index (κ2) is 9.34. The van der Waals surface area contributed by atoms with Crippen molar-refractivity contribution in [2.24, 2.45) is 0 Å². The minimum Gasteiger partial charge on any atom is -0.389 e. The van der Waals surface area contributed by atoms with Gasteiger partial charge in [-0.3, -0.25) is 9.59 Å². The van der Waals surface area contributed by atoms with Gasteiger partial charge in [0.1, 0.15) is 6.10 Å². The molecule has 0 aromatic carbocycles. The molecule has 2 saturated heterocycles. The van der Waals surface area contributed by atoms with Crippen molar-refractivity contribution >= 4 is 11.8 Å². The standard InChI is InChI=1S/C17H30N2O5/c1-3-7-18-16(21)8-13-5-6-14-15(24-13)11-23-10-12(20)9-19(14)17(22)4-2/h12-15,20H,3-11H2,1-2H3,(H,18,21)/t12-,13+,14+,15-/m0/s1. The lowest BCUT2D eigenvalue weighted by molar-refractivity contribution is -0.169. The number of nitrogens with one attached hydrogen (secondary N) is 1. The van der Waals surface area contributed by atoms with E-state index in [2.05, 4.69) is 5.32 Å². The Morgan fingerprint density at radius 3 is 2.75 bits per heavy atom. The third kappa shape index (κ3) is 5.16. The summed E-state index contributed by atoms with van der Waals surface area (Å²) in [7, 11) is 0. The van der Waals surface area contributed by atoms with Crippen LogP contribution in [0.4, 0.5) is 0 Å². The molecule has 24 heavy (non-hydrogen) atoms. The van der Waals surface area contributed by atoms with E-state index in [9.17, 15) is 14.7 Å². The molecule has 0 aliphatic carbocycles. The average molecular weight is 342 g/mol. The Morgan fingerprint density at radius 1 is 1.25 bits per heavy atom. The molecule has 2 amide bonds. The molecule has 0 unspecified atom stereocenters. The zero-order chi connectivity index (χ0) is 17.5. The number of rotatable bonds is 5. The zero-order valence-corrected chi connectivity index (χ0v) is 14.7. The summed E-state index contributed by atoms with van der Waals surface area (Å²) in [6.45, 7) is 5.32. The van der Waals surface area contributed by atoms with E-state index in [1.54, 1.807) is 4.90 Å². The van der Waals surface area contributed by atoms with Crippen molar-refractivity contribution in [3.8, 4) is 0 Å². The van der Waals surface area contributed by atoms with Gasteiger partial charge in [0.15, 0.2) is 0 Å². The van der Waals surface area contributed by atoms with E-state index in [4.69, 9.17) is 9.47 Å². The predicted octanol–water partition coefficient (Wildman–Crippen LogP) is 0.449. The summed E-state index contributed by atoms with van der Waals surface area (Å²) >= 11 is 0. The summed E-state index contributed by atoms with van der Waals surface area (Å²) in [5, 5.41) is 12.8. The topological polar surface area (TPSA) is 88.1 Å². The Hall–Kier alpha value is -1.18. The van der Waals surface area contributed by atoms with Crippen LogP contribution in [0.25, 0.3) is 0 Å². The zero-order valence-electron chi connectivity index (χ0n) is 14.7. The first-order valence-corrected chi connectivity index (χ1v) is 9.02. The van der Waals surface area contributed by atoms with Gasteiger partial charge in [0.05, 0.1) is 37.9 Å². The molecule has 0 radical (unpaired) electrons. The maximum absolute atomic E-state index is 12.3. The smallest absolute Gasteiger partial charge is 0.222 e. The van der Waals surface area contributed by atoms with Crippen molar-refractivity contribution in [2.45, 2.75) is 70.3 Å². The molecule has 2 aliphatic rings. The van der Waals surface area contributed by atoms with E-state index >= 15 is 0 Å². The lowest BCUT2D eigenvalue weighted by atomic mass is 9.94. The monoisotopic (exact) mass is 342 g/mol. The summed E-state index contributed by atoms with van der Waals surface area (Å²) in [6, 6.07) is -0.0950. The van der Waals surface area contributed by atoms with Crippen molar-refractivity contribution in [2.75, 3.05) is 26.3 Å². The molecule has 2 N–H and O–H groups in total. The number of aliphatic hydroxyl groups is 1. The third-order valence-corrected chi connectivity index (χ3v) is 4.59. The fourth-order valence-electron chi connectivity index (χ4n) is 3.37. The largest absolute Gasteiger partial charge is 0.389 e. The van der Waals surface area contributed by atoms with Crippen LogP contribution in [0.5, 0.6) is 0 Å². The summed E-state index contributed by atoms with van der Waals surface area (Å²) in [6.07, 6.45) is 2.08. The van der Waals surface area contributed by atoms with Gasteiger partial charge < -0.3 is 24.8 Å². The van der Waals surface area contributed by atoms with Crippen LogP contribution in [0.3, 0.4) is 0 Å². The van der Waals surface area contributed by atoms with Gasteiger partial charge >= 0.3 is 0 Å².